The number of hydrogen-bond donors (Lipinski definition) is 0. The van der Waals surface area contributed by atoms with E-state index in [1.165, 1.54) is 0 Å². The summed E-state index contributed by atoms with van der Waals surface area (Å²) in [5, 5.41) is 0. The monoisotopic (exact) mass is 439 g/mol. The maximum atomic E-state index is 4.22. The summed E-state index contributed by atoms with van der Waals surface area (Å²) in [4.78, 5) is 4.22. The van der Waals surface area contributed by atoms with Gasteiger partial charge < -0.3 is 19.8 Å². The van der Waals surface area contributed by atoms with Gasteiger partial charge >= 0.3 is 0 Å². The van der Waals surface area contributed by atoms with Crippen LogP contribution in [0.3, 0.4) is 0 Å². The van der Waals surface area contributed by atoms with Crippen LogP contribution in [-0.4, -0.2) is 4.98 Å². The molecule has 0 unspecified atom stereocenters. The summed E-state index contributed by atoms with van der Waals surface area (Å²) < 4.78 is 0. The van der Waals surface area contributed by atoms with E-state index in [0.29, 0.717) is 0 Å². The van der Waals surface area contributed by atoms with Crippen molar-refractivity contribution >= 4 is 0 Å². The zero-order valence-electron chi connectivity index (χ0n) is 12.9. The summed E-state index contributed by atoms with van der Waals surface area (Å²) in [5.74, 6) is 0. The molecular formula is C17H26NPt-3. The Kier molecular flexibility index (Phi) is 27.1. The van der Waals surface area contributed by atoms with Gasteiger partial charge in [-0.2, -0.15) is 0 Å². The molecule has 2 aromatic rings. The van der Waals surface area contributed by atoms with Gasteiger partial charge in [0.2, 0.25) is 0 Å². The molecule has 0 spiro atoms. The van der Waals surface area contributed by atoms with Crippen LogP contribution in [0.2, 0.25) is 0 Å². The average molecular weight is 439 g/mol. The quantitative estimate of drug-likeness (QED) is 0.535. The summed E-state index contributed by atoms with van der Waals surface area (Å²) >= 11 is 0. The van der Waals surface area contributed by atoms with Crippen LogP contribution in [0.1, 0.15) is 27.7 Å². The van der Waals surface area contributed by atoms with Crippen LogP contribution in [-0.2, 0) is 21.1 Å². The van der Waals surface area contributed by atoms with Gasteiger partial charge in [-0.15, -0.1) is 35.9 Å². The van der Waals surface area contributed by atoms with Crippen molar-refractivity contribution in [3.05, 3.63) is 69.6 Å². The third-order valence-corrected chi connectivity index (χ3v) is 1.65. The Morgan fingerprint density at radius 3 is 1.84 bits per heavy atom. The third-order valence-electron chi connectivity index (χ3n) is 1.65. The second-order valence-corrected chi connectivity index (χ2v) is 2.49. The average Bonchev–Trinajstić information content (AvgIpc) is 2.45. The van der Waals surface area contributed by atoms with Gasteiger partial charge in [0, 0.05) is 27.3 Å². The molecule has 2 rings (SSSR count). The maximum Gasteiger partial charge on any atom is 0.0160 e. The van der Waals surface area contributed by atoms with Crippen molar-refractivity contribution in [3.8, 4) is 11.3 Å². The van der Waals surface area contributed by atoms with Gasteiger partial charge in [-0.3, -0.25) is 0 Å². The molecule has 112 valence electrons. The topological polar surface area (TPSA) is 12.9 Å². The molecular weight excluding hydrogens is 413 g/mol. The van der Waals surface area contributed by atoms with Crippen molar-refractivity contribution in [2.45, 2.75) is 27.7 Å². The number of nitrogens with zero attached hydrogens (tertiary/aromatic N) is 1. The Balaban J connectivity index is -0.000000148. The number of aromatic nitrogens is 1. The molecule has 0 atom stereocenters. The molecule has 2 heteroatoms. The number of hydrogen-bond acceptors (Lipinski definition) is 1. The zero-order valence-corrected chi connectivity index (χ0v) is 15.2. The standard InChI is InChI=1S/C11H8N.2C2H6.2CH3.Pt/c1-2-6-10(7-3-1)11-8-4-5-9-12-11;2*1-2;;;/h1-6,8-9H;2*1-2H3;2*1H3;/q-1;;;2*-1;. The second-order valence-electron chi connectivity index (χ2n) is 2.49. The molecule has 1 aromatic carbocycles. The SMILES string of the molecule is CC.CC.[CH3-].[CH3-].[Pt].[c-]1ccccc1-c1ccccn1. The first-order chi connectivity index (χ1) is 7.97. The molecule has 0 aliphatic carbocycles. The van der Waals surface area contributed by atoms with E-state index < -0.39 is 0 Å². The van der Waals surface area contributed by atoms with Crippen molar-refractivity contribution in [1.29, 1.82) is 0 Å². The van der Waals surface area contributed by atoms with Crippen molar-refractivity contribution in [3.63, 3.8) is 0 Å². The molecule has 19 heavy (non-hydrogen) atoms. The number of pyridine rings is 1. The predicted molar refractivity (Wildman–Crippen MR) is 84.0 cm³/mol. The molecule has 1 heterocycles. The second kappa shape index (κ2) is 19.4. The molecule has 0 aliphatic rings. The molecule has 0 saturated carbocycles. The van der Waals surface area contributed by atoms with E-state index in [1.54, 1.807) is 6.20 Å². The van der Waals surface area contributed by atoms with E-state index in [2.05, 4.69) is 11.1 Å². The first-order valence-electron chi connectivity index (χ1n) is 5.85. The van der Waals surface area contributed by atoms with Crippen molar-refractivity contribution < 1.29 is 21.1 Å². The molecule has 0 aliphatic heterocycles. The van der Waals surface area contributed by atoms with E-state index in [9.17, 15) is 0 Å². The normalized spacial score (nSPS) is 6.74. The summed E-state index contributed by atoms with van der Waals surface area (Å²) in [7, 11) is 0. The smallest absolute Gasteiger partial charge is 0.0160 e. The van der Waals surface area contributed by atoms with Crippen LogP contribution in [0.4, 0.5) is 0 Å². The summed E-state index contributed by atoms with van der Waals surface area (Å²) in [6, 6.07) is 16.8. The molecule has 0 fully saturated rings. The van der Waals surface area contributed by atoms with Crippen molar-refractivity contribution in [2.24, 2.45) is 0 Å². The van der Waals surface area contributed by atoms with Gasteiger partial charge in [0.25, 0.3) is 0 Å². The molecule has 0 N–H and O–H groups in total. The number of benzene rings is 1. The van der Waals surface area contributed by atoms with Crippen LogP contribution >= 0.6 is 0 Å². The van der Waals surface area contributed by atoms with E-state index >= 15 is 0 Å². The Hall–Kier alpha value is -0.942. The van der Waals surface area contributed by atoms with Crippen LogP contribution in [0, 0.1) is 20.9 Å². The fourth-order valence-electron chi connectivity index (χ4n) is 1.07. The summed E-state index contributed by atoms with van der Waals surface area (Å²) in [6.45, 7) is 8.00. The minimum absolute atomic E-state index is 0. The van der Waals surface area contributed by atoms with Crippen LogP contribution in [0.25, 0.3) is 11.3 Å². The molecule has 1 aromatic heterocycles. The Bertz CT molecular complexity index is 309. The third kappa shape index (κ3) is 10.6. The van der Waals surface area contributed by atoms with Gasteiger partial charge in [-0.05, 0) is 11.8 Å². The minimum atomic E-state index is 0. The van der Waals surface area contributed by atoms with Crippen LogP contribution < -0.4 is 0 Å². The van der Waals surface area contributed by atoms with E-state index in [-0.39, 0.29) is 35.9 Å². The van der Waals surface area contributed by atoms with Gasteiger partial charge in [-0.25, -0.2) is 0 Å². The molecule has 0 radical (unpaired) electrons. The van der Waals surface area contributed by atoms with Crippen molar-refractivity contribution in [1.82, 2.24) is 4.98 Å². The largest absolute Gasteiger partial charge is 0.358 e. The van der Waals surface area contributed by atoms with E-state index in [4.69, 9.17) is 0 Å². The fourth-order valence-corrected chi connectivity index (χ4v) is 1.07. The molecule has 0 amide bonds. The predicted octanol–water partition coefficient (Wildman–Crippen LogP) is 5.50. The van der Waals surface area contributed by atoms with Crippen LogP contribution in [0.15, 0.2) is 48.7 Å². The van der Waals surface area contributed by atoms with Crippen LogP contribution in [0.5, 0.6) is 0 Å². The van der Waals surface area contributed by atoms with E-state index in [0.717, 1.165) is 11.3 Å². The van der Waals surface area contributed by atoms with Crippen molar-refractivity contribution in [2.75, 3.05) is 0 Å². The van der Waals surface area contributed by atoms with Gasteiger partial charge in [-0.1, -0.05) is 39.8 Å². The molecule has 0 bridgehead atoms. The Labute approximate surface area is 134 Å². The maximum absolute atomic E-state index is 4.22. The first-order valence-corrected chi connectivity index (χ1v) is 5.85. The molecule has 1 nitrogen and oxygen atoms in total. The summed E-state index contributed by atoms with van der Waals surface area (Å²) in [5.41, 5.74) is 2.01. The fraction of sp³-hybridized carbons (Fsp3) is 0.235. The Morgan fingerprint density at radius 1 is 0.842 bits per heavy atom. The zero-order chi connectivity index (χ0) is 12.2. The molecule has 0 saturated heterocycles. The summed E-state index contributed by atoms with van der Waals surface area (Å²) in [6.07, 6.45) is 1.79. The first kappa shape index (κ1) is 26.6. The van der Waals surface area contributed by atoms with Gasteiger partial charge in [0.05, 0.1) is 0 Å². The number of rotatable bonds is 1. The van der Waals surface area contributed by atoms with Gasteiger partial charge in [0.1, 0.15) is 0 Å². The van der Waals surface area contributed by atoms with Gasteiger partial charge in [0.15, 0.2) is 0 Å². The Morgan fingerprint density at radius 2 is 1.42 bits per heavy atom. The minimum Gasteiger partial charge on any atom is -0.358 e. The van der Waals surface area contributed by atoms with E-state index in [1.807, 2.05) is 70.2 Å².